The number of aliphatic imine (C=N–C) groups is 1. The van der Waals surface area contributed by atoms with Gasteiger partial charge in [0, 0.05) is 16.1 Å². The minimum Gasteiger partial charge on any atom is -0.480 e. The van der Waals surface area contributed by atoms with E-state index in [0.717, 1.165) is 18.4 Å². The fourth-order valence-electron chi connectivity index (χ4n) is 3.64. The second-order valence-corrected chi connectivity index (χ2v) is 7.28. The Kier molecular flexibility index (Phi) is 6.15. The standard InChI is InChI=1S/C22H23ClN2O3/c1-3-14(4-2)21-22(28)25(13-19(26)27)18-11-10-16(23)12-17(18)20(24-21)15-8-6-5-7-9-15/h5-12,14,21H,3-4,13H2,1-2H3,(H,26,27)/t21-/m0/s1. The van der Waals surface area contributed by atoms with Crippen LogP contribution in [0.1, 0.15) is 37.8 Å². The molecule has 0 saturated heterocycles. The Labute approximate surface area is 169 Å². The summed E-state index contributed by atoms with van der Waals surface area (Å²) < 4.78 is 0. The first-order chi connectivity index (χ1) is 13.5. The summed E-state index contributed by atoms with van der Waals surface area (Å²) in [6, 6.07) is 14.1. The molecule has 1 aliphatic rings. The van der Waals surface area contributed by atoms with Crippen molar-refractivity contribution >= 4 is 34.9 Å². The molecule has 3 rings (SSSR count). The lowest BCUT2D eigenvalue weighted by molar-refractivity contribution is -0.137. The van der Waals surface area contributed by atoms with Crippen LogP contribution in [0.15, 0.2) is 53.5 Å². The van der Waals surface area contributed by atoms with Gasteiger partial charge < -0.3 is 5.11 Å². The van der Waals surface area contributed by atoms with E-state index >= 15 is 0 Å². The Morgan fingerprint density at radius 2 is 1.86 bits per heavy atom. The fourth-order valence-corrected chi connectivity index (χ4v) is 3.81. The van der Waals surface area contributed by atoms with Gasteiger partial charge in [0.05, 0.1) is 11.4 Å². The van der Waals surface area contributed by atoms with Crippen molar-refractivity contribution in [3.63, 3.8) is 0 Å². The zero-order valence-corrected chi connectivity index (χ0v) is 16.7. The van der Waals surface area contributed by atoms with Crippen LogP contribution in [0, 0.1) is 5.92 Å². The van der Waals surface area contributed by atoms with Crippen molar-refractivity contribution in [2.75, 3.05) is 11.4 Å². The van der Waals surface area contributed by atoms with Gasteiger partial charge in [0.25, 0.3) is 5.91 Å². The number of hydrogen-bond acceptors (Lipinski definition) is 3. The molecule has 0 fully saturated rings. The summed E-state index contributed by atoms with van der Waals surface area (Å²) in [6.07, 6.45) is 1.55. The Balaban J connectivity index is 2.28. The molecule has 5 nitrogen and oxygen atoms in total. The van der Waals surface area contributed by atoms with Gasteiger partial charge in [0.15, 0.2) is 0 Å². The number of halogens is 1. The van der Waals surface area contributed by atoms with Crippen molar-refractivity contribution in [1.82, 2.24) is 0 Å². The molecular formula is C22H23ClN2O3. The van der Waals surface area contributed by atoms with E-state index in [4.69, 9.17) is 16.6 Å². The van der Waals surface area contributed by atoms with Crippen LogP contribution in [0.3, 0.4) is 0 Å². The molecule has 1 aliphatic heterocycles. The van der Waals surface area contributed by atoms with Gasteiger partial charge in [-0.1, -0.05) is 68.6 Å². The third kappa shape index (κ3) is 3.94. The van der Waals surface area contributed by atoms with E-state index in [2.05, 4.69) is 0 Å². The minimum absolute atomic E-state index is 0.0206. The summed E-state index contributed by atoms with van der Waals surface area (Å²) in [5.41, 5.74) is 2.72. The van der Waals surface area contributed by atoms with Crippen molar-refractivity contribution in [1.29, 1.82) is 0 Å². The lowest BCUT2D eigenvalue weighted by atomic mass is 9.93. The number of anilines is 1. The molecule has 146 valence electrons. The Morgan fingerprint density at radius 3 is 2.46 bits per heavy atom. The maximum absolute atomic E-state index is 13.4. The highest BCUT2D eigenvalue weighted by molar-refractivity contribution is 6.32. The molecule has 0 radical (unpaired) electrons. The summed E-state index contributed by atoms with van der Waals surface area (Å²) >= 11 is 6.25. The van der Waals surface area contributed by atoms with Gasteiger partial charge in [-0.25, -0.2) is 0 Å². The molecule has 0 spiro atoms. The second kappa shape index (κ2) is 8.57. The van der Waals surface area contributed by atoms with Crippen molar-refractivity contribution in [2.24, 2.45) is 10.9 Å². The smallest absolute Gasteiger partial charge is 0.323 e. The largest absolute Gasteiger partial charge is 0.480 e. The quantitative estimate of drug-likeness (QED) is 0.783. The average molecular weight is 399 g/mol. The number of carbonyl (C=O) groups is 2. The monoisotopic (exact) mass is 398 g/mol. The third-order valence-electron chi connectivity index (χ3n) is 5.13. The lowest BCUT2D eigenvalue weighted by Gasteiger charge is -2.26. The van der Waals surface area contributed by atoms with E-state index < -0.39 is 18.6 Å². The summed E-state index contributed by atoms with van der Waals surface area (Å²) in [7, 11) is 0. The predicted octanol–water partition coefficient (Wildman–Crippen LogP) is 4.41. The number of hydrogen-bond donors (Lipinski definition) is 1. The molecule has 1 heterocycles. The summed E-state index contributed by atoms with van der Waals surface area (Å²) in [4.78, 5) is 31.1. The molecule has 0 bridgehead atoms. The van der Waals surface area contributed by atoms with Crippen LogP contribution in [0.2, 0.25) is 5.02 Å². The van der Waals surface area contributed by atoms with Gasteiger partial charge >= 0.3 is 5.97 Å². The molecule has 0 saturated carbocycles. The lowest BCUT2D eigenvalue weighted by Crippen LogP contribution is -2.43. The van der Waals surface area contributed by atoms with Crippen LogP contribution in [0.4, 0.5) is 5.69 Å². The number of benzodiazepines with no additional fused rings is 1. The van der Waals surface area contributed by atoms with E-state index in [9.17, 15) is 14.7 Å². The van der Waals surface area contributed by atoms with E-state index in [1.807, 2.05) is 44.2 Å². The van der Waals surface area contributed by atoms with E-state index in [1.165, 1.54) is 4.90 Å². The SMILES string of the molecule is CCC(CC)[C@@H]1N=C(c2ccccc2)c2cc(Cl)ccc2N(CC(=O)O)C1=O. The number of carboxylic acids is 1. The van der Waals surface area contributed by atoms with E-state index in [1.54, 1.807) is 18.2 Å². The fraction of sp³-hybridized carbons (Fsp3) is 0.318. The number of rotatable bonds is 6. The summed E-state index contributed by atoms with van der Waals surface area (Å²) in [5, 5.41) is 9.93. The van der Waals surface area contributed by atoms with Crippen molar-refractivity contribution in [2.45, 2.75) is 32.7 Å². The Hall–Kier alpha value is -2.66. The van der Waals surface area contributed by atoms with Gasteiger partial charge in [0.2, 0.25) is 0 Å². The van der Waals surface area contributed by atoms with Crippen molar-refractivity contribution in [3.05, 3.63) is 64.7 Å². The van der Waals surface area contributed by atoms with Gasteiger partial charge in [-0.05, 0) is 24.1 Å². The van der Waals surface area contributed by atoms with Crippen LogP contribution < -0.4 is 4.90 Å². The van der Waals surface area contributed by atoms with Crippen LogP contribution in [0.25, 0.3) is 0 Å². The van der Waals surface area contributed by atoms with E-state index in [0.29, 0.717) is 22.0 Å². The molecule has 1 N–H and O–H groups in total. The highest BCUT2D eigenvalue weighted by Gasteiger charge is 2.36. The molecule has 1 atom stereocenters. The molecule has 28 heavy (non-hydrogen) atoms. The number of fused-ring (bicyclic) bond motifs is 1. The topological polar surface area (TPSA) is 70.0 Å². The summed E-state index contributed by atoms with van der Waals surface area (Å²) in [5.74, 6) is -1.33. The predicted molar refractivity (Wildman–Crippen MR) is 111 cm³/mol. The maximum Gasteiger partial charge on any atom is 0.323 e. The number of amides is 1. The molecular weight excluding hydrogens is 376 g/mol. The van der Waals surface area contributed by atoms with Gasteiger partial charge in [-0.15, -0.1) is 0 Å². The maximum atomic E-state index is 13.4. The normalized spacial score (nSPS) is 16.6. The highest BCUT2D eigenvalue weighted by Crippen LogP contribution is 2.33. The highest BCUT2D eigenvalue weighted by atomic mass is 35.5. The number of benzene rings is 2. The first kappa shape index (κ1) is 20.1. The van der Waals surface area contributed by atoms with Crippen LogP contribution in [-0.4, -0.2) is 35.3 Å². The van der Waals surface area contributed by atoms with Crippen LogP contribution in [0.5, 0.6) is 0 Å². The first-order valence-electron chi connectivity index (χ1n) is 9.42. The second-order valence-electron chi connectivity index (χ2n) is 6.84. The molecule has 0 aromatic heterocycles. The first-order valence-corrected chi connectivity index (χ1v) is 9.80. The Morgan fingerprint density at radius 1 is 1.18 bits per heavy atom. The molecule has 1 amide bonds. The van der Waals surface area contributed by atoms with Gasteiger partial charge in [0.1, 0.15) is 12.6 Å². The molecule has 2 aromatic rings. The Bertz CT molecular complexity index is 907. The van der Waals surface area contributed by atoms with Crippen LogP contribution >= 0.6 is 11.6 Å². The third-order valence-corrected chi connectivity index (χ3v) is 5.36. The number of carboxylic acid groups (broad SMARTS) is 1. The molecule has 2 aromatic carbocycles. The molecule has 0 unspecified atom stereocenters. The zero-order chi connectivity index (χ0) is 20.3. The van der Waals surface area contributed by atoms with Crippen molar-refractivity contribution in [3.8, 4) is 0 Å². The molecule has 0 aliphatic carbocycles. The number of nitrogens with zero attached hydrogens (tertiary/aromatic N) is 2. The van der Waals surface area contributed by atoms with Crippen molar-refractivity contribution < 1.29 is 14.7 Å². The summed E-state index contributed by atoms with van der Waals surface area (Å²) in [6.45, 7) is 3.63. The number of aliphatic carboxylic acids is 1. The zero-order valence-electron chi connectivity index (χ0n) is 15.9. The number of carbonyl (C=O) groups excluding carboxylic acids is 1. The van der Waals surface area contributed by atoms with Crippen LogP contribution in [-0.2, 0) is 9.59 Å². The van der Waals surface area contributed by atoms with Gasteiger partial charge in [-0.2, -0.15) is 0 Å². The van der Waals surface area contributed by atoms with Gasteiger partial charge in [-0.3, -0.25) is 19.5 Å². The average Bonchev–Trinajstić information content (AvgIpc) is 2.79. The molecule has 6 heteroatoms. The minimum atomic E-state index is -1.07. The van der Waals surface area contributed by atoms with E-state index in [-0.39, 0.29) is 11.8 Å².